The Morgan fingerprint density at radius 1 is 1.38 bits per heavy atom. The maximum atomic E-state index is 12.2. The molecule has 4 N–H and O–H groups in total. The lowest BCUT2D eigenvalue weighted by Gasteiger charge is -2.08. The smallest absolute Gasteiger partial charge is 0.235 e. The first-order valence-corrected chi connectivity index (χ1v) is 9.62. The Labute approximate surface area is 148 Å². The maximum absolute atomic E-state index is 12.2. The van der Waals surface area contributed by atoms with Crippen molar-refractivity contribution >= 4 is 40.0 Å². The molecule has 2 aromatic rings. The standard InChI is InChI=1S/C15H18N6OS2/c16-7-10-9-5-3-1-2-4-6-11(9)24-13(10)18-12(22)8-23-15-19-14(17)20-21-15/h1-6,8H2,(H,18,22)(H3,17,19,20,21). The van der Waals surface area contributed by atoms with Crippen LogP contribution in [0.5, 0.6) is 0 Å². The van der Waals surface area contributed by atoms with Gasteiger partial charge in [0.25, 0.3) is 0 Å². The summed E-state index contributed by atoms with van der Waals surface area (Å²) in [5.74, 6) is 0.224. The molecular weight excluding hydrogens is 344 g/mol. The number of anilines is 2. The minimum Gasteiger partial charge on any atom is -0.368 e. The molecule has 2 aromatic heterocycles. The molecule has 1 amide bonds. The minimum absolute atomic E-state index is 0.171. The van der Waals surface area contributed by atoms with Gasteiger partial charge in [-0.25, -0.2) is 5.10 Å². The number of H-pyrrole nitrogens is 1. The van der Waals surface area contributed by atoms with Gasteiger partial charge >= 0.3 is 0 Å². The van der Waals surface area contributed by atoms with Crippen LogP contribution in [0.15, 0.2) is 5.16 Å². The number of nitrogen functional groups attached to an aromatic ring is 1. The first kappa shape index (κ1) is 16.8. The number of fused-ring (bicyclic) bond motifs is 1. The molecule has 0 atom stereocenters. The molecule has 0 saturated carbocycles. The van der Waals surface area contributed by atoms with Crippen LogP contribution in [0, 0.1) is 11.3 Å². The summed E-state index contributed by atoms with van der Waals surface area (Å²) in [5, 5.41) is 19.9. The van der Waals surface area contributed by atoms with Gasteiger partial charge in [-0.15, -0.1) is 16.4 Å². The lowest BCUT2D eigenvalue weighted by molar-refractivity contribution is -0.113. The molecule has 0 saturated heterocycles. The van der Waals surface area contributed by atoms with Crippen LogP contribution in [-0.4, -0.2) is 26.8 Å². The van der Waals surface area contributed by atoms with E-state index in [-0.39, 0.29) is 17.6 Å². The number of aromatic amines is 1. The van der Waals surface area contributed by atoms with Crippen molar-refractivity contribution in [1.82, 2.24) is 15.2 Å². The van der Waals surface area contributed by atoms with Crippen molar-refractivity contribution < 1.29 is 4.79 Å². The van der Waals surface area contributed by atoms with Crippen molar-refractivity contribution in [3.8, 4) is 6.07 Å². The third kappa shape index (κ3) is 3.88. The second kappa shape index (κ2) is 7.68. The van der Waals surface area contributed by atoms with Gasteiger partial charge in [-0.2, -0.15) is 10.2 Å². The monoisotopic (exact) mass is 362 g/mol. The largest absolute Gasteiger partial charge is 0.368 e. The van der Waals surface area contributed by atoms with Gasteiger partial charge in [0.05, 0.1) is 11.3 Å². The third-order valence-corrected chi connectivity index (χ3v) is 5.91. The van der Waals surface area contributed by atoms with Crippen LogP contribution in [0.25, 0.3) is 0 Å². The van der Waals surface area contributed by atoms with Crippen molar-refractivity contribution in [3.63, 3.8) is 0 Å². The van der Waals surface area contributed by atoms with Gasteiger partial charge in [0.1, 0.15) is 11.1 Å². The quantitative estimate of drug-likeness (QED) is 0.719. The fourth-order valence-corrected chi connectivity index (χ4v) is 4.60. The van der Waals surface area contributed by atoms with Gasteiger partial charge in [0.15, 0.2) is 0 Å². The summed E-state index contributed by atoms with van der Waals surface area (Å²) in [4.78, 5) is 17.4. The summed E-state index contributed by atoms with van der Waals surface area (Å²) in [6.07, 6.45) is 6.61. The molecule has 1 aliphatic carbocycles. The molecule has 0 spiro atoms. The van der Waals surface area contributed by atoms with Crippen LogP contribution in [0.2, 0.25) is 0 Å². The number of hydrogen-bond donors (Lipinski definition) is 3. The van der Waals surface area contributed by atoms with Gasteiger partial charge in [-0.05, 0) is 31.2 Å². The molecule has 0 bridgehead atoms. The number of hydrogen-bond acceptors (Lipinski definition) is 7. The number of amides is 1. The van der Waals surface area contributed by atoms with E-state index < -0.39 is 0 Å². The molecule has 7 nitrogen and oxygen atoms in total. The first-order valence-electron chi connectivity index (χ1n) is 7.82. The van der Waals surface area contributed by atoms with Crippen LogP contribution < -0.4 is 11.1 Å². The molecule has 3 rings (SSSR count). The van der Waals surface area contributed by atoms with Crippen molar-refractivity contribution in [2.75, 3.05) is 16.8 Å². The van der Waals surface area contributed by atoms with Crippen molar-refractivity contribution in [2.24, 2.45) is 0 Å². The summed E-state index contributed by atoms with van der Waals surface area (Å²) < 4.78 is 0. The highest BCUT2D eigenvalue weighted by Crippen LogP contribution is 2.36. The molecule has 126 valence electrons. The molecule has 0 aromatic carbocycles. The van der Waals surface area contributed by atoms with Crippen LogP contribution in [0.3, 0.4) is 0 Å². The number of nitrogens with zero attached hydrogens (tertiary/aromatic N) is 3. The number of carbonyl (C=O) groups excluding carboxylic acids is 1. The Hall–Kier alpha value is -2.05. The van der Waals surface area contributed by atoms with E-state index in [1.54, 1.807) is 11.3 Å². The van der Waals surface area contributed by atoms with Crippen LogP contribution in [0.1, 0.15) is 41.7 Å². The fraction of sp³-hybridized carbons (Fsp3) is 0.467. The average molecular weight is 362 g/mol. The maximum Gasteiger partial charge on any atom is 0.235 e. The van der Waals surface area contributed by atoms with Crippen molar-refractivity contribution in [2.45, 2.75) is 43.7 Å². The highest BCUT2D eigenvalue weighted by molar-refractivity contribution is 7.99. The predicted octanol–water partition coefficient (Wildman–Crippen LogP) is 2.71. The number of nitrogens with two attached hydrogens (primary N) is 1. The molecule has 1 aliphatic rings. The van der Waals surface area contributed by atoms with E-state index in [4.69, 9.17) is 5.73 Å². The number of nitrogens with one attached hydrogen (secondary N) is 2. The number of nitriles is 1. The molecule has 24 heavy (non-hydrogen) atoms. The molecule has 0 aliphatic heterocycles. The lowest BCUT2D eigenvalue weighted by atomic mass is 9.97. The Kier molecular flexibility index (Phi) is 5.37. The number of aromatic nitrogens is 3. The molecule has 0 unspecified atom stereocenters. The number of aryl methyl sites for hydroxylation is 1. The summed E-state index contributed by atoms with van der Waals surface area (Å²) >= 11 is 2.74. The second-order valence-electron chi connectivity index (χ2n) is 5.57. The number of thiophene rings is 1. The van der Waals surface area contributed by atoms with Crippen molar-refractivity contribution in [3.05, 3.63) is 16.0 Å². The Balaban J connectivity index is 1.68. The van der Waals surface area contributed by atoms with Crippen molar-refractivity contribution in [1.29, 1.82) is 5.26 Å². The number of rotatable bonds is 4. The van der Waals surface area contributed by atoms with E-state index in [0.29, 0.717) is 15.7 Å². The Bertz CT molecular complexity index is 776. The predicted molar refractivity (Wildman–Crippen MR) is 95.1 cm³/mol. The molecule has 0 radical (unpaired) electrons. The molecule has 9 heteroatoms. The second-order valence-corrected chi connectivity index (χ2v) is 7.62. The van der Waals surface area contributed by atoms with Gasteiger partial charge in [0.2, 0.25) is 17.0 Å². The zero-order valence-electron chi connectivity index (χ0n) is 13.1. The number of thioether (sulfide) groups is 1. The Morgan fingerprint density at radius 3 is 2.88 bits per heavy atom. The lowest BCUT2D eigenvalue weighted by Crippen LogP contribution is -2.14. The fourth-order valence-electron chi connectivity index (χ4n) is 2.74. The average Bonchev–Trinajstić information content (AvgIpc) is 3.09. The van der Waals surface area contributed by atoms with Crippen LogP contribution in [-0.2, 0) is 17.6 Å². The van der Waals surface area contributed by atoms with E-state index >= 15 is 0 Å². The van der Waals surface area contributed by atoms with Gasteiger partial charge < -0.3 is 11.1 Å². The SMILES string of the molecule is N#Cc1c(NC(=O)CSc2n[nH]c(N)n2)sc2c1CCCCCC2. The normalized spacial score (nSPS) is 14.3. The highest BCUT2D eigenvalue weighted by Gasteiger charge is 2.20. The van der Waals surface area contributed by atoms with Crippen LogP contribution >= 0.6 is 23.1 Å². The summed E-state index contributed by atoms with van der Waals surface area (Å²) in [7, 11) is 0. The van der Waals surface area contributed by atoms with Gasteiger partial charge in [-0.3, -0.25) is 4.79 Å². The number of carbonyl (C=O) groups is 1. The van der Waals surface area contributed by atoms with E-state index in [1.807, 2.05) is 0 Å². The molecule has 2 heterocycles. The van der Waals surface area contributed by atoms with E-state index in [2.05, 4.69) is 26.6 Å². The van der Waals surface area contributed by atoms with E-state index in [9.17, 15) is 10.1 Å². The van der Waals surface area contributed by atoms with Gasteiger partial charge in [-0.1, -0.05) is 24.6 Å². The summed E-state index contributed by atoms with van der Waals surface area (Å²) in [6, 6.07) is 2.28. The summed E-state index contributed by atoms with van der Waals surface area (Å²) in [6.45, 7) is 0. The topological polar surface area (TPSA) is 120 Å². The zero-order valence-corrected chi connectivity index (χ0v) is 14.7. The van der Waals surface area contributed by atoms with Gasteiger partial charge in [0, 0.05) is 4.88 Å². The Morgan fingerprint density at radius 2 is 2.17 bits per heavy atom. The molecular formula is C15H18N6OS2. The minimum atomic E-state index is -0.172. The van der Waals surface area contributed by atoms with E-state index in [1.165, 1.54) is 29.5 Å². The summed E-state index contributed by atoms with van der Waals surface area (Å²) in [5.41, 5.74) is 7.22. The van der Waals surface area contributed by atoms with E-state index in [0.717, 1.165) is 31.2 Å². The highest BCUT2D eigenvalue weighted by atomic mass is 32.2. The zero-order chi connectivity index (χ0) is 16.9. The first-order chi connectivity index (χ1) is 11.7. The third-order valence-electron chi connectivity index (χ3n) is 3.85. The molecule has 0 fully saturated rings. The van der Waals surface area contributed by atoms with Crippen LogP contribution in [0.4, 0.5) is 10.9 Å².